The summed E-state index contributed by atoms with van der Waals surface area (Å²) < 4.78 is 0. The molecule has 2 N–H and O–H groups in total. The van der Waals surface area contributed by atoms with Crippen molar-refractivity contribution in [1.29, 1.82) is 0 Å². The van der Waals surface area contributed by atoms with Crippen LogP contribution in [-0.4, -0.2) is 0 Å². The lowest BCUT2D eigenvalue weighted by Gasteiger charge is -2.10. The maximum absolute atomic E-state index is 6.17. The van der Waals surface area contributed by atoms with E-state index < -0.39 is 0 Å². The maximum atomic E-state index is 6.17. The van der Waals surface area contributed by atoms with Gasteiger partial charge in [-0.05, 0) is 42.3 Å². The van der Waals surface area contributed by atoms with E-state index in [1.165, 1.54) is 5.56 Å². The molecular formula is C14H13Cl2NS. The molecule has 0 unspecified atom stereocenters. The summed E-state index contributed by atoms with van der Waals surface area (Å²) in [5.41, 5.74) is 8.06. The summed E-state index contributed by atoms with van der Waals surface area (Å²) in [6, 6.07) is 11.7. The van der Waals surface area contributed by atoms with Crippen molar-refractivity contribution in [1.82, 2.24) is 0 Å². The Hall–Kier alpha value is -0.670. The zero-order chi connectivity index (χ0) is 13.1. The molecule has 0 aromatic heterocycles. The van der Waals surface area contributed by atoms with Gasteiger partial charge in [0.15, 0.2) is 0 Å². The number of halogens is 2. The van der Waals surface area contributed by atoms with Crippen LogP contribution in [0.3, 0.4) is 0 Å². The molecule has 0 heterocycles. The average molecular weight is 298 g/mol. The van der Waals surface area contributed by atoms with Gasteiger partial charge in [-0.25, -0.2) is 0 Å². The monoisotopic (exact) mass is 297 g/mol. The van der Waals surface area contributed by atoms with Gasteiger partial charge in [0.2, 0.25) is 0 Å². The van der Waals surface area contributed by atoms with E-state index in [2.05, 4.69) is 25.1 Å². The standard InChI is InChI=1S/C14H13Cl2NS/c1-9-2-3-10(8-17)13(6-9)18-14-7-11(15)4-5-12(14)16/h2-7H,8,17H2,1H3. The number of hydrogen-bond donors (Lipinski definition) is 1. The first-order valence-electron chi connectivity index (χ1n) is 5.52. The topological polar surface area (TPSA) is 26.0 Å². The summed E-state index contributed by atoms with van der Waals surface area (Å²) >= 11 is 13.8. The Bertz CT molecular complexity index is 570. The molecule has 2 aromatic rings. The summed E-state index contributed by atoms with van der Waals surface area (Å²) in [4.78, 5) is 2.08. The Labute approximate surface area is 121 Å². The van der Waals surface area contributed by atoms with Gasteiger partial charge in [0.1, 0.15) is 0 Å². The molecule has 0 saturated carbocycles. The van der Waals surface area contributed by atoms with Crippen molar-refractivity contribution in [2.24, 2.45) is 5.73 Å². The van der Waals surface area contributed by atoms with Crippen LogP contribution >= 0.6 is 35.0 Å². The minimum Gasteiger partial charge on any atom is -0.326 e. The molecule has 0 aliphatic carbocycles. The molecule has 0 aliphatic heterocycles. The van der Waals surface area contributed by atoms with Gasteiger partial charge in [-0.1, -0.05) is 47.1 Å². The fourth-order valence-corrected chi connectivity index (χ4v) is 3.19. The van der Waals surface area contributed by atoms with Gasteiger partial charge in [-0.3, -0.25) is 0 Å². The van der Waals surface area contributed by atoms with Crippen molar-refractivity contribution in [3.05, 3.63) is 57.6 Å². The minimum absolute atomic E-state index is 0.515. The smallest absolute Gasteiger partial charge is 0.0546 e. The van der Waals surface area contributed by atoms with Gasteiger partial charge in [0.25, 0.3) is 0 Å². The predicted octanol–water partition coefficient (Wildman–Crippen LogP) is 4.91. The van der Waals surface area contributed by atoms with Gasteiger partial charge >= 0.3 is 0 Å². The van der Waals surface area contributed by atoms with Crippen molar-refractivity contribution in [3.63, 3.8) is 0 Å². The van der Waals surface area contributed by atoms with E-state index in [1.807, 2.05) is 12.1 Å². The number of nitrogens with two attached hydrogens (primary N) is 1. The highest BCUT2D eigenvalue weighted by Gasteiger charge is 2.07. The van der Waals surface area contributed by atoms with Crippen LogP contribution in [0, 0.1) is 6.92 Å². The fourth-order valence-electron chi connectivity index (χ4n) is 1.60. The van der Waals surface area contributed by atoms with Crippen molar-refractivity contribution < 1.29 is 0 Å². The third-order valence-electron chi connectivity index (χ3n) is 2.56. The second-order valence-corrected chi connectivity index (χ2v) is 5.92. The molecule has 0 amide bonds. The van der Waals surface area contributed by atoms with Gasteiger partial charge < -0.3 is 5.73 Å². The zero-order valence-corrected chi connectivity index (χ0v) is 12.2. The van der Waals surface area contributed by atoms with Crippen molar-refractivity contribution >= 4 is 35.0 Å². The third kappa shape index (κ3) is 3.21. The molecule has 0 radical (unpaired) electrons. The van der Waals surface area contributed by atoms with E-state index in [1.54, 1.807) is 17.8 Å². The highest BCUT2D eigenvalue weighted by molar-refractivity contribution is 7.99. The number of benzene rings is 2. The largest absolute Gasteiger partial charge is 0.326 e. The Morgan fingerprint density at radius 1 is 1.06 bits per heavy atom. The van der Waals surface area contributed by atoms with Crippen LogP contribution in [0.1, 0.15) is 11.1 Å². The molecule has 18 heavy (non-hydrogen) atoms. The Morgan fingerprint density at radius 3 is 2.56 bits per heavy atom. The molecule has 0 spiro atoms. The van der Waals surface area contributed by atoms with Crippen LogP contribution in [0.2, 0.25) is 10.0 Å². The normalized spacial score (nSPS) is 10.7. The fraction of sp³-hybridized carbons (Fsp3) is 0.143. The quantitative estimate of drug-likeness (QED) is 0.871. The molecule has 0 aliphatic rings. The number of aryl methyl sites for hydroxylation is 1. The van der Waals surface area contributed by atoms with E-state index in [4.69, 9.17) is 28.9 Å². The molecule has 0 saturated heterocycles. The first-order chi connectivity index (χ1) is 8.60. The number of hydrogen-bond acceptors (Lipinski definition) is 2. The van der Waals surface area contributed by atoms with Crippen molar-refractivity contribution in [2.75, 3.05) is 0 Å². The van der Waals surface area contributed by atoms with Gasteiger partial charge in [-0.15, -0.1) is 0 Å². The SMILES string of the molecule is Cc1ccc(CN)c(Sc2cc(Cl)ccc2Cl)c1. The molecule has 2 aromatic carbocycles. The Kier molecular flexibility index (Phi) is 4.57. The second kappa shape index (κ2) is 5.98. The van der Waals surface area contributed by atoms with Crippen LogP contribution in [0.5, 0.6) is 0 Å². The molecule has 4 heteroatoms. The summed E-state index contributed by atoms with van der Waals surface area (Å²) in [5, 5.41) is 1.39. The summed E-state index contributed by atoms with van der Waals surface area (Å²) in [5.74, 6) is 0. The molecule has 0 fully saturated rings. The highest BCUT2D eigenvalue weighted by Crippen LogP contribution is 2.37. The molecular weight excluding hydrogens is 285 g/mol. The average Bonchev–Trinajstić information content (AvgIpc) is 2.34. The van der Waals surface area contributed by atoms with Crippen LogP contribution in [0.4, 0.5) is 0 Å². The maximum Gasteiger partial charge on any atom is 0.0546 e. The molecule has 0 atom stereocenters. The van der Waals surface area contributed by atoms with E-state index in [9.17, 15) is 0 Å². The molecule has 2 rings (SSSR count). The minimum atomic E-state index is 0.515. The van der Waals surface area contributed by atoms with Crippen molar-refractivity contribution in [3.8, 4) is 0 Å². The predicted molar refractivity (Wildman–Crippen MR) is 79.7 cm³/mol. The lowest BCUT2D eigenvalue weighted by molar-refractivity contribution is 1.02. The van der Waals surface area contributed by atoms with Gasteiger partial charge in [0, 0.05) is 21.4 Å². The lowest BCUT2D eigenvalue weighted by Crippen LogP contribution is -1.98. The Balaban J connectivity index is 2.38. The van der Waals surface area contributed by atoms with Crippen LogP contribution in [-0.2, 0) is 6.54 Å². The van der Waals surface area contributed by atoms with E-state index in [0.717, 1.165) is 15.4 Å². The highest BCUT2D eigenvalue weighted by atomic mass is 35.5. The Morgan fingerprint density at radius 2 is 1.83 bits per heavy atom. The molecule has 94 valence electrons. The second-order valence-electron chi connectivity index (χ2n) is 3.99. The van der Waals surface area contributed by atoms with Gasteiger partial charge in [-0.2, -0.15) is 0 Å². The summed E-state index contributed by atoms with van der Waals surface area (Å²) in [6.07, 6.45) is 0. The summed E-state index contributed by atoms with van der Waals surface area (Å²) in [7, 11) is 0. The number of rotatable bonds is 3. The summed E-state index contributed by atoms with van der Waals surface area (Å²) in [6.45, 7) is 2.57. The van der Waals surface area contributed by atoms with Gasteiger partial charge in [0.05, 0.1) is 5.02 Å². The van der Waals surface area contributed by atoms with Crippen LogP contribution < -0.4 is 5.73 Å². The van der Waals surface area contributed by atoms with Crippen LogP contribution in [0.25, 0.3) is 0 Å². The first kappa shape index (κ1) is 13.8. The third-order valence-corrected chi connectivity index (χ3v) is 4.39. The molecule has 0 bridgehead atoms. The van der Waals surface area contributed by atoms with E-state index >= 15 is 0 Å². The van der Waals surface area contributed by atoms with Crippen molar-refractivity contribution in [2.45, 2.75) is 23.3 Å². The lowest BCUT2D eigenvalue weighted by atomic mass is 10.1. The zero-order valence-electron chi connectivity index (χ0n) is 9.91. The van der Waals surface area contributed by atoms with E-state index in [0.29, 0.717) is 16.6 Å². The van der Waals surface area contributed by atoms with E-state index in [-0.39, 0.29) is 0 Å². The first-order valence-corrected chi connectivity index (χ1v) is 7.10. The van der Waals surface area contributed by atoms with Crippen LogP contribution in [0.15, 0.2) is 46.2 Å². The molecule has 1 nitrogen and oxygen atoms in total.